The Labute approximate surface area is 159 Å². The summed E-state index contributed by atoms with van der Waals surface area (Å²) in [5.74, 6) is 0.789. The molecule has 26 heavy (non-hydrogen) atoms. The summed E-state index contributed by atoms with van der Waals surface area (Å²) in [4.78, 5) is 1.90. The van der Waals surface area contributed by atoms with Gasteiger partial charge >= 0.3 is 0 Å². The van der Waals surface area contributed by atoms with Crippen LogP contribution in [0.25, 0.3) is 0 Å². The van der Waals surface area contributed by atoms with Gasteiger partial charge in [-0.3, -0.25) is 0 Å². The first-order valence-electron chi connectivity index (χ1n) is 8.13. The summed E-state index contributed by atoms with van der Waals surface area (Å²) in [6.07, 6.45) is 1.69. The van der Waals surface area contributed by atoms with Crippen LogP contribution in [0, 0.1) is 0 Å². The second-order valence-electron chi connectivity index (χ2n) is 6.00. The van der Waals surface area contributed by atoms with Crippen LogP contribution in [0.2, 0.25) is 0 Å². The van der Waals surface area contributed by atoms with Crippen LogP contribution < -0.4 is 10.1 Å². The van der Waals surface area contributed by atoms with E-state index in [9.17, 15) is 8.42 Å². The second-order valence-corrected chi connectivity index (χ2v) is 8.32. The zero-order valence-electron chi connectivity index (χ0n) is 14.3. The number of nitrogens with zero attached hydrogens (tertiary/aromatic N) is 1. The molecule has 0 aromatic heterocycles. The molecule has 5 nitrogen and oxygen atoms in total. The molecule has 0 amide bonds. The lowest BCUT2D eigenvalue weighted by molar-refractivity contribution is 0.380. The Morgan fingerprint density at radius 3 is 2.46 bits per heavy atom. The van der Waals surface area contributed by atoms with Gasteiger partial charge in [-0.05, 0) is 48.1 Å². The Balaban J connectivity index is 1.79. The molecular formula is C19H20N2O3S2. The minimum absolute atomic E-state index is 0.0320. The normalized spacial score (nSPS) is 17.7. The van der Waals surface area contributed by atoms with Crippen LogP contribution in [0.4, 0.5) is 5.69 Å². The number of nitrogens with one attached hydrogen (secondary N) is 1. The number of hydrogen-bond acceptors (Lipinski definition) is 4. The Hall–Kier alpha value is -2.38. The highest BCUT2D eigenvalue weighted by Crippen LogP contribution is 2.20. The summed E-state index contributed by atoms with van der Waals surface area (Å²) in [5, 5.41) is 4.94. The third kappa shape index (κ3) is 4.62. The van der Waals surface area contributed by atoms with Gasteiger partial charge in [0.25, 0.3) is 0 Å². The van der Waals surface area contributed by atoms with Gasteiger partial charge in [0.15, 0.2) is 14.9 Å². The molecule has 1 heterocycles. The molecule has 3 rings (SSSR count). The maximum atomic E-state index is 11.9. The summed E-state index contributed by atoms with van der Waals surface area (Å²) < 4.78 is 28.9. The van der Waals surface area contributed by atoms with Gasteiger partial charge in [0.2, 0.25) is 0 Å². The molecule has 0 aliphatic carbocycles. The van der Waals surface area contributed by atoms with Gasteiger partial charge < -0.3 is 15.0 Å². The molecule has 1 aliphatic rings. The maximum absolute atomic E-state index is 11.9. The minimum atomic E-state index is -3.17. The molecule has 0 spiro atoms. The van der Waals surface area contributed by atoms with Crippen molar-refractivity contribution in [3.63, 3.8) is 0 Å². The third-order valence-corrected chi connectivity index (χ3v) is 5.82. The van der Waals surface area contributed by atoms with Crippen molar-refractivity contribution < 1.29 is 13.2 Å². The smallest absolute Gasteiger partial charge is 0.174 e. The number of benzene rings is 2. The summed E-state index contributed by atoms with van der Waals surface area (Å²) in [7, 11) is -1.56. The number of ether oxygens (including phenoxy) is 1. The molecule has 0 saturated carbocycles. The molecule has 0 bridgehead atoms. The van der Waals surface area contributed by atoms with E-state index in [2.05, 4.69) is 5.32 Å². The molecule has 136 valence electrons. The van der Waals surface area contributed by atoms with Crippen LogP contribution in [0.1, 0.15) is 5.56 Å². The van der Waals surface area contributed by atoms with E-state index in [-0.39, 0.29) is 11.8 Å². The number of thiocarbonyl (C=S) groups is 1. The average molecular weight is 389 g/mol. The van der Waals surface area contributed by atoms with Crippen molar-refractivity contribution in [3.05, 3.63) is 71.6 Å². The highest BCUT2D eigenvalue weighted by molar-refractivity contribution is 7.94. The predicted octanol–water partition coefficient (Wildman–Crippen LogP) is 3.20. The van der Waals surface area contributed by atoms with Crippen molar-refractivity contribution in [3.8, 4) is 5.75 Å². The van der Waals surface area contributed by atoms with Crippen LogP contribution in [-0.4, -0.2) is 37.3 Å². The molecule has 7 heteroatoms. The van der Waals surface area contributed by atoms with E-state index < -0.39 is 9.84 Å². The van der Waals surface area contributed by atoms with Crippen LogP contribution >= 0.6 is 12.2 Å². The second kappa shape index (κ2) is 7.88. The predicted molar refractivity (Wildman–Crippen MR) is 108 cm³/mol. The molecule has 2 aromatic rings. The van der Waals surface area contributed by atoms with Gasteiger partial charge in [0.05, 0.1) is 18.9 Å². The molecule has 1 aliphatic heterocycles. The van der Waals surface area contributed by atoms with Crippen LogP contribution in [0.5, 0.6) is 5.75 Å². The van der Waals surface area contributed by atoms with Gasteiger partial charge in [0, 0.05) is 17.6 Å². The van der Waals surface area contributed by atoms with Gasteiger partial charge in [-0.25, -0.2) is 8.42 Å². The lowest BCUT2D eigenvalue weighted by atomic mass is 10.2. The zero-order valence-corrected chi connectivity index (χ0v) is 16.0. The molecule has 2 aromatic carbocycles. The highest BCUT2D eigenvalue weighted by atomic mass is 32.2. The van der Waals surface area contributed by atoms with Gasteiger partial charge in [-0.15, -0.1) is 0 Å². The first-order valence-corrected chi connectivity index (χ1v) is 10.3. The minimum Gasteiger partial charge on any atom is -0.497 e. The summed E-state index contributed by atoms with van der Waals surface area (Å²) in [6.45, 7) is 0.521. The molecule has 1 N–H and O–H groups in total. The molecule has 0 radical (unpaired) electrons. The Bertz CT molecular complexity index is 894. The molecule has 0 fully saturated rings. The lowest BCUT2D eigenvalue weighted by Crippen LogP contribution is -2.42. The molecule has 1 atom stereocenters. The highest BCUT2D eigenvalue weighted by Gasteiger charge is 2.28. The van der Waals surface area contributed by atoms with Gasteiger partial charge in [-0.2, -0.15) is 0 Å². The quantitative estimate of drug-likeness (QED) is 0.794. The van der Waals surface area contributed by atoms with E-state index in [0.717, 1.165) is 17.0 Å². The van der Waals surface area contributed by atoms with Crippen LogP contribution in [0.3, 0.4) is 0 Å². The number of hydrogen-bond donors (Lipinski definition) is 1. The SMILES string of the molecule is COc1ccc(NC(=S)N(Cc2ccccc2)[C@H]2C=CS(=O)(=O)C2)cc1. The van der Waals surface area contributed by atoms with Crippen molar-refractivity contribution in [2.75, 3.05) is 18.2 Å². The Morgan fingerprint density at radius 2 is 1.88 bits per heavy atom. The van der Waals surface area contributed by atoms with Crippen molar-refractivity contribution in [1.29, 1.82) is 0 Å². The van der Waals surface area contributed by atoms with Crippen molar-refractivity contribution in [2.24, 2.45) is 0 Å². The number of rotatable bonds is 5. The fraction of sp³-hybridized carbons (Fsp3) is 0.211. The molecule has 0 unspecified atom stereocenters. The number of methoxy groups -OCH3 is 1. The summed E-state index contributed by atoms with van der Waals surface area (Å²) >= 11 is 5.58. The van der Waals surface area contributed by atoms with E-state index in [1.807, 2.05) is 59.5 Å². The van der Waals surface area contributed by atoms with E-state index in [1.54, 1.807) is 13.2 Å². The monoisotopic (exact) mass is 388 g/mol. The number of sulfone groups is 1. The van der Waals surface area contributed by atoms with E-state index in [4.69, 9.17) is 17.0 Å². The van der Waals surface area contributed by atoms with E-state index in [1.165, 1.54) is 5.41 Å². The first kappa shape index (κ1) is 18.4. The zero-order chi connectivity index (χ0) is 18.6. The Kier molecular flexibility index (Phi) is 5.58. The van der Waals surface area contributed by atoms with E-state index in [0.29, 0.717) is 11.7 Å². The lowest BCUT2D eigenvalue weighted by Gasteiger charge is -2.30. The van der Waals surface area contributed by atoms with Gasteiger partial charge in [0.1, 0.15) is 5.75 Å². The van der Waals surface area contributed by atoms with Crippen molar-refractivity contribution in [2.45, 2.75) is 12.6 Å². The van der Waals surface area contributed by atoms with Crippen LogP contribution in [-0.2, 0) is 16.4 Å². The largest absolute Gasteiger partial charge is 0.497 e. The summed E-state index contributed by atoms with van der Waals surface area (Å²) in [5.41, 5.74) is 1.88. The van der Waals surface area contributed by atoms with Crippen molar-refractivity contribution >= 4 is 32.9 Å². The average Bonchev–Trinajstić information content (AvgIpc) is 3.00. The Morgan fingerprint density at radius 1 is 1.19 bits per heavy atom. The van der Waals surface area contributed by atoms with E-state index >= 15 is 0 Å². The maximum Gasteiger partial charge on any atom is 0.174 e. The standard InChI is InChI=1S/C19H20N2O3S2/c1-24-18-9-7-16(8-10-18)20-19(25)21(13-15-5-3-2-4-6-15)17-11-12-26(22,23)14-17/h2-12,17H,13-14H2,1H3,(H,20,25)/t17-/m0/s1. The first-order chi connectivity index (χ1) is 12.5. The topological polar surface area (TPSA) is 58.6 Å². The summed E-state index contributed by atoms with van der Waals surface area (Å²) in [6, 6.07) is 17.0. The van der Waals surface area contributed by atoms with Gasteiger partial charge in [-0.1, -0.05) is 30.3 Å². The fourth-order valence-corrected chi connectivity index (χ4v) is 4.36. The number of anilines is 1. The van der Waals surface area contributed by atoms with Crippen molar-refractivity contribution in [1.82, 2.24) is 4.90 Å². The van der Waals surface area contributed by atoms with Crippen LogP contribution in [0.15, 0.2) is 66.1 Å². The fourth-order valence-electron chi connectivity index (χ4n) is 2.74. The molecular weight excluding hydrogens is 368 g/mol. The third-order valence-electron chi connectivity index (χ3n) is 4.11. The molecule has 0 saturated heterocycles.